The molecule has 0 spiro atoms. The second-order valence-corrected chi connectivity index (χ2v) is 12.6. The number of hydrogen-bond donors (Lipinski definition) is 4. The number of rotatable bonds is 6. The molecule has 1 saturated heterocycles. The molecule has 11 heteroatoms. The van der Waals surface area contributed by atoms with E-state index in [1.165, 1.54) is 6.07 Å². The summed E-state index contributed by atoms with van der Waals surface area (Å²) in [6.45, 7) is 5.63. The predicted octanol–water partition coefficient (Wildman–Crippen LogP) is 6.42. The first kappa shape index (κ1) is 33.1. The normalized spacial score (nSPS) is 15.1. The topological polar surface area (TPSA) is 137 Å². The van der Waals surface area contributed by atoms with Gasteiger partial charge in [0.05, 0.1) is 17.5 Å². The van der Waals surface area contributed by atoms with Gasteiger partial charge in [-0.1, -0.05) is 53.8 Å². The van der Waals surface area contributed by atoms with Gasteiger partial charge in [-0.15, -0.1) is 0 Å². The highest BCUT2D eigenvalue weighted by molar-refractivity contribution is 6.31. The molecular weight excluding hydrogens is 618 g/mol. The first-order chi connectivity index (χ1) is 22.5. The molecule has 1 aromatic heterocycles. The number of amides is 3. The zero-order valence-corrected chi connectivity index (χ0v) is 27.1. The number of likely N-dealkylation sites (tertiary alicyclic amines) is 1. The van der Waals surface area contributed by atoms with Crippen LogP contribution < -0.4 is 10.6 Å². The molecule has 2 atom stereocenters. The number of carbonyl (C=O) groups excluding carboxylic acids is 3. The highest BCUT2D eigenvalue weighted by atomic mass is 35.5. The van der Waals surface area contributed by atoms with Gasteiger partial charge in [-0.3, -0.25) is 14.7 Å². The molecule has 0 unspecified atom stereocenters. The van der Waals surface area contributed by atoms with Crippen molar-refractivity contribution in [1.29, 1.82) is 0 Å². The Balaban J connectivity index is 1.29. The number of anilines is 1. The number of halogens is 1. The van der Waals surface area contributed by atoms with E-state index < -0.39 is 23.8 Å². The summed E-state index contributed by atoms with van der Waals surface area (Å²) in [5.74, 6) is 5.51. The average molecular weight is 654 g/mol. The van der Waals surface area contributed by atoms with E-state index in [0.717, 1.165) is 12.8 Å². The van der Waals surface area contributed by atoms with Crippen LogP contribution in [0.2, 0.25) is 5.02 Å². The van der Waals surface area contributed by atoms with Crippen molar-refractivity contribution in [1.82, 2.24) is 20.4 Å². The van der Waals surface area contributed by atoms with Gasteiger partial charge in [0.1, 0.15) is 23.4 Å². The van der Waals surface area contributed by atoms with E-state index in [1.807, 2.05) is 6.07 Å². The van der Waals surface area contributed by atoms with Crippen LogP contribution in [0.15, 0.2) is 79.0 Å². The molecule has 3 amide bonds. The zero-order chi connectivity index (χ0) is 33.6. The minimum Gasteiger partial charge on any atom is -0.507 e. The van der Waals surface area contributed by atoms with E-state index in [1.54, 1.807) is 92.5 Å². The van der Waals surface area contributed by atoms with Crippen molar-refractivity contribution in [3.63, 3.8) is 0 Å². The van der Waals surface area contributed by atoms with Crippen molar-refractivity contribution in [2.75, 3.05) is 11.9 Å². The van der Waals surface area contributed by atoms with Gasteiger partial charge in [0, 0.05) is 28.4 Å². The first-order valence-electron chi connectivity index (χ1n) is 15.3. The largest absolute Gasteiger partial charge is 0.507 e. The summed E-state index contributed by atoms with van der Waals surface area (Å²) in [6.07, 6.45) is 2.87. The number of phenolic OH excluding ortho intramolecular Hbond substituents is 1. The van der Waals surface area contributed by atoms with Gasteiger partial charge >= 0.3 is 6.09 Å². The fourth-order valence-corrected chi connectivity index (χ4v) is 5.46. The fourth-order valence-electron chi connectivity index (χ4n) is 5.29. The molecule has 47 heavy (non-hydrogen) atoms. The van der Waals surface area contributed by atoms with E-state index in [-0.39, 0.29) is 17.6 Å². The van der Waals surface area contributed by atoms with E-state index in [4.69, 9.17) is 16.3 Å². The molecule has 0 aliphatic carbocycles. The summed E-state index contributed by atoms with van der Waals surface area (Å²) < 4.78 is 5.43. The summed E-state index contributed by atoms with van der Waals surface area (Å²) in [5, 5.41) is 23.3. The molecule has 4 N–H and O–H groups in total. The highest BCUT2D eigenvalue weighted by Gasteiger charge is 2.37. The summed E-state index contributed by atoms with van der Waals surface area (Å²) in [5.41, 5.74) is 2.71. The van der Waals surface area contributed by atoms with Crippen LogP contribution in [-0.4, -0.2) is 56.3 Å². The number of carbonyl (C=O) groups is 3. The third kappa shape index (κ3) is 8.51. The Morgan fingerprint density at radius 3 is 2.51 bits per heavy atom. The van der Waals surface area contributed by atoms with Crippen LogP contribution in [0.3, 0.4) is 0 Å². The van der Waals surface area contributed by atoms with Crippen molar-refractivity contribution in [2.24, 2.45) is 0 Å². The van der Waals surface area contributed by atoms with Crippen LogP contribution >= 0.6 is 11.6 Å². The number of aromatic nitrogens is 2. The van der Waals surface area contributed by atoms with Crippen molar-refractivity contribution < 1.29 is 24.2 Å². The number of nitrogens with one attached hydrogen (secondary N) is 3. The molecule has 10 nitrogen and oxygen atoms in total. The molecule has 0 radical (unpaired) electrons. The van der Waals surface area contributed by atoms with E-state index >= 15 is 0 Å². The lowest BCUT2D eigenvalue weighted by atomic mass is 9.98. The van der Waals surface area contributed by atoms with Gasteiger partial charge in [-0.2, -0.15) is 5.10 Å². The summed E-state index contributed by atoms with van der Waals surface area (Å²) in [4.78, 5) is 41.8. The maximum Gasteiger partial charge on any atom is 0.408 e. The smallest absolute Gasteiger partial charge is 0.408 e. The Morgan fingerprint density at radius 2 is 1.79 bits per heavy atom. The maximum absolute atomic E-state index is 14.0. The van der Waals surface area contributed by atoms with Crippen molar-refractivity contribution >= 4 is 35.2 Å². The summed E-state index contributed by atoms with van der Waals surface area (Å²) in [7, 11) is 0. The third-order valence-electron chi connectivity index (χ3n) is 7.49. The van der Waals surface area contributed by atoms with Gasteiger partial charge in [-0.25, -0.2) is 4.79 Å². The number of hydrogen-bond acceptors (Lipinski definition) is 6. The Hall–Kier alpha value is -5.27. The quantitative estimate of drug-likeness (QED) is 0.177. The van der Waals surface area contributed by atoms with Crippen LogP contribution in [0.25, 0.3) is 11.3 Å². The van der Waals surface area contributed by atoms with Crippen LogP contribution in [0.5, 0.6) is 5.75 Å². The first-order valence-corrected chi connectivity index (χ1v) is 15.7. The lowest BCUT2D eigenvalue weighted by Crippen LogP contribution is -2.53. The maximum atomic E-state index is 14.0. The van der Waals surface area contributed by atoms with Gasteiger partial charge in [0.15, 0.2) is 0 Å². The fraction of sp³-hybridized carbons (Fsp3) is 0.278. The standard InChI is InChI=1S/C36H36ClN5O5/c1-36(2,3)47-35(46)40-32(24-9-5-4-6-10-24)34(45)42-20-8-7-11-29(42)33(44)39-27-17-13-23(14-18-27)12-15-25-22-38-41-31(25)28-21-26(37)16-19-30(28)43/h4-6,9-10,13-14,16-19,21-22,29,32,43H,7-8,11,20H2,1-3H3,(H,38,41)(H,39,44)(H,40,46)/t29-,32-/m0/s1. The number of ether oxygens (including phenoxy) is 1. The summed E-state index contributed by atoms with van der Waals surface area (Å²) >= 11 is 6.11. The van der Waals surface area contributed by atoms with Crippen molar-refractivity contribution in [3.05, 3.63) is 101 Å². The number of phenols is 1. The molecular formula is C36H36ClN5O5. The van der Waals surface area contributed by atoms with Gasteiger partial charge in [-0.05, 0) is 88.1 Å². The SMILES string of the molecule is CC(C)(C)OC(=O)N[C@H](C(=O)N1CCCC[C@H]1C(=O)Nc1ccc(C#Cc2cn[nH]c2-c2cc(Cl)ccc2O)cc1)c1ccccc1. The Labute approximate surface area is 278 Å². The second kappa shape index (κ2) is 14.4. The van der Waals surface area contributed by atoms with Gasteiger partial charge in [0.25, 0.3) is 5.91 Å². The number of alkyl carbamates (subject to hydrolysis) is 1. The van der Waals surface area contributed by atoms with Gasteiger partial charge in [0.2, 0.25) is 5.91 Å². The number of aromatic amines is 1. The Kier molecular flexibility index (Phi) is 10.2. The molecule has 4 aromatic rings. The van der Waals surface area contributed by atoms with E-state index in [9.17, 15) is 19.5 Å². The molecule has 2 heterocycles. The number of aromatic hydroxyl groups is 1. The number of benzene rings is 3. The molecule has 5 rings (SSSR count). The van der Waals surface area contributed by atoms with Crippen LogP contribution in [-0.2, 0) is 14.3 Å². The third-order valence-corrected chi connectivity index (χ3v) is 7.73. The molecule has 242 valence electrons. The molecule has 1 aliphatic heterocycles. The number of H-pyrrole nitrogens is 1. The molecule has 1 fully saturated rings. The lowest BCUT2D eigenvalue weighted by molar-refractivity contribution is -0.142. The predicted molar refractivity (Wildman–Crippen MR) is 180 cm³/mol. The van der Waals surface area contributed by atoms with Crippen molar-refractivity contribution in [2.45, 2.75) is 57.7 Å². The highest BCUT2D eigenvalue weighted by Crippen LogP contribution is 2.32. The van der Waals surface area contributed by atoms with Crippen molar-refractivity contribution in [3.8, 4) is 28.8 Å². The average Bonchev–Trinajstić information content (AvgIpc) is 3.52. The lowest BCUT2D eigenvalue weighted by Gasteiger charge is -2.37. The monoisotopic (exact) mass is 653 g/mol. The van der Waals surface area contributed by atoms with E-state index in [0.29, 0.717) is 51.6 Å². The minimum absolute atomic E-state index is 0.0508. The Bertz CT molecular complexity index is 1810. The van der Waals surface area contributed by atoms with Crippen LogP contribution in [0.1, 0.15) is 62.8 Å². The molecule has 1 aliphatic rings. The summed E-state index contributed by atoms with van der Waals surface area (Å²) in [6, 6.07) is 19.0. The number of nitrogens with zero attached hydrogens (tertiary/aromatic N) is 2. The van der Waals surface area contributed by atoms with Gasteiger partial charge < -0.3 is 25.4 Å². The molecule has 3 aromatic carbocycles. The second-order valence-electron chi connectivity index (χ2n) is 12.2. The Morgan fingerprint density at radius 1 is 1.04 bits per heavy atom. The molecule has 0 saturated carbocycles. The number of piperidine rings is 1. The van der Waals surface area contributed by atoms with Crippen LogP contribution in [0, 0.1) is 11.8 Å². The zero-order valence-electron chi connectivity index (χ0n) is 26.3. The van der Waals surface area contributed by atoms with Crippen LogP contribution in [0.4, 0.5) is 10.5 Å². The minimum atomic E-state index is -1.02. The van der Waals surface area contributed by atoms with E-state index in [2.05, 4.69) is 32.7 Å². The molecule has 0 bridgehead atoms.